The van der Waals surface area contributed by atoms with Crippen LogP contribution in [-0.4, -0.2) is 17.7 Å². The number of carbonyl (C=O) groups is 2. The van der Waals surface area contributed by atoms with Crippen LogP contribution in [0.1, 0.15) is 54.1 Å². The predicted molar refractivity (Wildman–Crippen MR) is 105 cm³/mol. The van der Waals surface area contributed by atoms with Gasteiger partial charge in [-0.15, -0.1) is 0 Å². The van der Waals surface area contributed by atoms with Gasteiger partial charge in [-0.25, -0.2) is 0 Å². The number of ether oxygens (including phenoxy) is 1. The van der Waals surface area contributed by atoms with Gasteiger partial charge in [0.2, 0.25) is 5.78 Å². The Morgan fingerprint density at radius 3 is 2.33 bits per heavy atom. The molecule has 0 amide bonds. The van der Waals surface area contributed by atoms with Gasteiger partial charge in [-0.05, 0) is 17.9 Å². The summed E-state index contributed by atoms with van der Waals surface area (Å²) < 4.78 is 6.19. The molecule has 0 saturated heterocycles. The quantitative estimate of drug-likeness (QED) is 0.723. The summed E-state index contributed by atoms with van der Waals surface area (Å²) in [5.41, 5.74) is 3.29. The Bertz CT molecular complexity index is 920. The SMILES string of the molecule is Cc1ccc([C@H]2C3=C(CC(C)(C)CC3=O)O[C@@H]2C(=O)c2ccccc2)cc1. The van der Waals surface area contributed by atoms with E-state index in [0.29, 0.717) is 29.7 Å². The first-order chi connectivity index (χ1) is 12.9. The minimum Gasteiger partial charge on any atom is -0.485 e. The Labute approximate surface area is 160 Å². The summed E-state index contributed by atoms with van der Waals surface area (Å²) in [6, 6.07) is 17.3. The fraction of sp³-hybridized carbons (Fsp3) is 0.333. The summed E-state index contributed by atoms with van der Waals surface area (Å²) in [7, 11) is 0. The van der Waals surface area contributed by atoms with Crippen molar-refractivity contribution in [3.8, 4) is 0 Å². The van der Waals surface area contributed by atoms with Crippen molar-refractivity contribution in [3.63, 3.8) is 0 Å². The van der Waals surface area contributed by atoms with Crippen molar-refractivity contribution in [1.29, 1.82) is 0 Å². The van der Waals surface area contributed by atoms with Crippen molar-refractivity contribution in [3.05, 3.63) is 82.6 Å². The van der Waals surface area contributed by atoms with Crippen LogP contribution < -0.4 is 0 Å². The number of rotatable bonds is 3. The van der Waals surface area contributed by atoms with Crippen molar-refractivity contribution in [2.24, 2.45) is 5.41 Å². The molecule has 0 aromatic heterocycles. The summed E-state index contributed by atoms with van der Waals surface area (Å²) >= 11 is 0. The van der Waals surface area contributed by atoms with Crippen LogP contribution >= 0.6 is 0 Å². The average Bonchev–Trinajstić information content (AvgIpc) is 3.00. The van der Waals surface area contributed by atoms with Gasteiger partial charge in [-0.3, -0.25) is 9.59 Å². The molecule has 2 aliphatic rings. The van der Waals surface area contributed by atoms with E-state index in [4.69, 9.17) is 4.74 Å². The highest BCUT2D eigenvalue weighted by Crippen LogP contribution is 2.49. The molecule has 1 aliphatic heterocycles. The van der Waals surface area contributed by atoms with E-state index in [2.05, 4.69) is 13.8 Å². The molecule has 1 heterocycles. The zero-order valence-electron chi connectivity index (χ0n) is 16.0. The number of allylic oxidation sites excluding steroid dienone is 1. The molecule has 2 aromatic carbocycles. The molecule has 0 unspecified atom stereocenters. The number of carbonyl (C=O) groups excluding carboxylic acids is 2. The van der Waals surface area contributed by atoms with Gasteiger partial charge in [0.15, 0.2) is 11.9 Å². The second-order valence-corrected chi connectivity index (χ2v) is 8.43. The van der Waals surface area contributed by atoms with Crippen LogP contribution in [0.4, 0.5) is 0 Å². The first-order valence-electron chi connectivity index (χ1n) is 9.44. The van der Waals surface area contributed by atoms with E-state index >= 15 is 0 Å². The fourth-order valence-corrected chi connectivity index (χ4v) is 4.19. The lowest BCUT2D eigenvalue weighted by molar-refractivity contribution is -0.118. The van der Waals surface area contributed by atoms with Gasteiger partial charge in [0.25, 0.3) is 0 Å². The molecule has 0 bridgehead atoms. The Hall–Kier alpha value is -2.68. The summed E-state index contributed by atoms with van der Waals surface area (Å²) in [6.45, 7) is 6.18. The van der Waals surface area contributed by atoms with Crippen molar-refractivity contribution >= 4 is 11.6 Å². The predicted octanol–water partition coefficient (Wildman–Crippen LogP) is 5.00. The van der Waals surface area contributed by atoms with Gasteiger partial charge in [0.1, 0.15) is 5.76 Å². The third-order valence-corrected chi connectivity index (χ3v) is 5.52. The van der Waals surface area contributed by atoms with E-state index in [-0.39, 0.29) is 22.9 Å². The van der Waals surface area contributed by atoms with Crippen molar-refractivity contribution in [1.82, 2.24) is 0 Å². The molecule has 3 heteroatoms. The molecule has 0 fully saturated rings. The minimum atomic E-state index is -0.682. The van der Waals surface area contributed by atoms with Crippen molar-refractivity contribution < 1.29 is 14.3 Å². The van der Waals surface area contributed by atoms with Gasteiger partial charge in [-0.2, -0.15) is 0 Å². The summed E-state index contributed by atoms with van der Waals surface area (Å²) in [6.07, 6.45) is 0.497. The second kappa shape index (κ2) is 6.49. The number of hydrogen-bond donors (Lipinski definition) is 0. The lowest BCUT2D eigenvalue weighted by Crippen LogP contribution is -2.29. The third-order valence-electron chi connectivity index (χ3n) is 5.52. The summed E-state index contributed by atoms with van der Waals surface area (Å²) in [4.78, 5) is 26.2. The molecule has 2 atom stereocenters. The van der Waals surface area contributed by atoms with E-state index in [0.717, 1.165) is 11.1 Å². The number of benzene rings is 2. The van der Waals surface area contributed by atoms with Crippen molar-refractivity contribution in [2.45, 2.75) is 45.6 Å². The standard InChI is InChI=1S/C24H24O3/c1-15-9-11-16(12-10-15)20-21-18(25)13-24(2,3)14-19(21)27-23(20)22(26)17-7-5-4-6-8-17/h4-12,20,23H,13-14H2,1-3H3/t20-,23-/m0/s1. The minimum absolute atomic E-state index is 0.0684. The van der Waals surface area contributed by atoms with Gasteiger partial charge >= 0.3 is 0 Å². The number of hydrogen-bond acceptors (Lipinski definition) is 3. The highest BCUT2D eigenvalue weighted by atomic mass is 16.5. The zero-order chi connectivity index (χ0) is 19.2. The summed E-state index contributed by atoms with van der Waals surface area (Å²) in [5.74, 6) is 0.407. The molecule has 1 aliphatic carbocycles. The lowest BCUT2D eigenvalue weighted by Gasteiger charge is -2.29. The topological polar surface area (TPSA) is 43.4 Å². The van der Waals surface area contributed by atoms with Crippen LogP contribution in [0.3, 0.4) is 0 Å². The van der Waals surface area contributed by atoms with Crippen LogP contribution in [-0.2, 0) is 9.53 Å². The fourth-order valence-electron chi connectivity index (χ4n) is 4.19. The van der Waals surface area contributed by atoms with Crippen LogP contribution in [0.2, 0.25) is 0 Å². The normalized spacial score (nSPS) is 23.7. The maximum Gasteiger partial charge on any atom is 0.204 e. The number of Topliss-reactive ketones (excluding diaryl/α,β-unsaturated/α-hetero) is 2. The monoisotopic (exact) mass is 360 g/mol. The molecule has 0 N–H and O–H groups in total. The van der Waals surface area contributed by atoms with Crippen molar-refractivity contribution in [2.75, 3.05) is 0 Å². The average molecular weight is 360 g/mol. The smallest absolute Gasteiger partial charge is 0.204 e. The van der Waals surface area contributed by atoms with Gasteiger partial charge in [-0.1, -0.05) is 74.0 Å². The lowest BCUT2D eigenvalue weighted by atomic mass is 9.72. The molecular weight excluding hydrogens is 336 g/mol. The highest BCUT2D eigenvalue weighted by molar-refractivity contribution is 6.05. The first kappa shape index (κ1) is 17.7. The molecule has 4 rings (SSSR count). The van der Waals surface area contributed by atoms with Gasteiger partial charge in [0, 0.05) is 24.0 Å². The molecule has 138 valence electrons. The highest BCUT2D eigenvalue weighted by Gasteiger charge is 2.48. The maximum atomic E-state index is 13.2. The van der Waals surface area contributed by atoms with E-state index in [1.807, 2.05) is 49.4 Å². The molecule has 0 saturated carbocycles. The molecule has 2 aromatic rings. The Morgan fingerprint density at radius 2 is 1.67 bits per heavy atom. The van der Waals surface area contributed by atoms with E-state index in [1.54, 1.807) is 12.1 Å². The zero-order valence-corrected chi connectivity index (χ0v) is 16.0. The Morgan fingerprint density at radius 1 is 1.00 bits per heavy atom. The van der Waals surface area contributed by atoms with Crippen LogP contribution in [0.15, 0.2) is 65.9 Å². The molecule has 3 nitrogen and oxygen atoms in total. The molecule has 0 radical (unpaired) electrons. The molecular formula is C24H24O3. The van der Waals surface area contributed by atoms with E-state index in [9.17, 15) is 9.59 Å². The van der Waals surface area contributed by atoms with Gasteiger partial charge < -0.3 is 4.74 Å². The summed E-state index contributed by atoms with van der Waals surface area (Å²) in [5, 5.41) is 0. The van der Waals surface area contributed by atoms with E-state index < -0.39 is 6.10 Å². The Balaban J connectivity index is 1.79. The van der Waals surface area contributed by atoms with E-state index in [1.165, 1.54) is 0 Å². The van der Waals surface area contributed by atoms with Crippen LogP contribution in [0, 0.1) is 12.3 Å². The maximum absolute atomic E-state index is 13.2. The second-order valence-electron chi connectivity index (χ2n) is 8.43. The largest absolute Gasteiger partial charge is 0.485 e. The molecule has 27 heavy (non-hydrogen) atoms. The van der Waals surface area contributed by atoms with Gasteiger partial charge in [0.05, 0.1) is 5.92 Å². The first-order valence-corrected chi connectivity index (χ1v) is 9.44. The Kier molecular flexibility index (Phi) is 4.26. The van der Waals surface area contributed by atoms with Crippen LogP contribution in [0.5, 0.6) is 0 Å². The molecule has 0 spiro atoms. The number of ketones is 2. The third kappa shape index (κ3) is 3.23. The number of aryl methyl sites for hydroxylation is 1. The van der Waals surface area contributed by atoms with Crippen LogP contribution in [0.25, 0.3) is 0 Å².